The van der Waals surface area contributed by atoms with Crippen molar-refractivity contribution >= 4 is 31.7 Å². The first-order chi connectivity index (χ1) is 21.0. The Labute approximate surface area is 263 Å². The molecule has 0 amide bonds. The maximum Gasteiger partial charge on any atom is 0.510 e. The van der Waals surface area contributed by atoms with Crippen molar-refractivity contribution in [3.8, 4) is 0 Å². The van der Waals surface area contributed by atoms with Gasteiger partial charge in [-0.2, -0.15) is 0 Å². The number of esters is 1. The monoisotopic (exact) mass is 660 g/mol. The molecular formula is C31H49O13P. The average molecular weight is 661 g/mol. The van der Waals surface area contributed by atoms with Crippen LogP contribution in [0.4, 0.5) is 4.79 Å². The molecule has 45 heavy (non-hydrogen) atoms. The van der Waals surface area contributed by atoms with Crippen LogP contribution in [0.2, 0.25) is 0 Å². The molecule has 0 saturated heterocycles. The van der Waals surface area contributed by atoms with E-state index in [1.165, 1.54) is 32.1 Å². The Balaban J connectivity index is 1.21. The molecule has 4 N–H and O–H groups in total. The highest BCUT2D eigenvalue weighted by Gasteiger charge is 2.60. The van der Waals surface area contributed by atoms with Crippen LogP contribution in [0.3, 0.4) is 0 Å². The third kappa shape index (κ3) is 8.21. The number of hydrogen-bond donors (Lipinski definition) is 4. The Bertz CT molecular complexity index is 1150. The number of hydrogen-bond acceptors (Lipinski definition) is 9. The Morgan fingerprint density at radius 2 is 1.56 bits per heavy atom. The molecule has 0 bridgehead atoms. The largest absolute Gasteiger partial charge is 0.510 e. The summed E-state index contributed by atoms with van der Waals surface area (Å²) in [5, 5.41) is 18.2. The van der Waals surface area contributed by atoms with Gasteiger partial charge in [-0.15, -0.1) is 0 Å². The van der Waals surface area contributed by atoms with E-state index in [0.29, 0.717) is 35.5 Å². The Hall–Kier alpha value is -2.21. The molecule has 0 aliphatic heterocycles. The van der Waals surface area contributed by atoms with E-state index < -0.39 is 57.3 Å². The molecule has 14 heteroatoms. The normalized spacial score (nSPS) is 35.6. The van der Waals surface area contributed by atoms with E-state index in [1.807, 2.05) is 0 Å². The van der Waals surface area contributed by atoms with Gasteiger partial charge in [0.1, 0.15) is 6.10 Å². The molecule has 13 nitrogen and oxygen atoms in total. The van der Waals surface area contributed by atoms with Crippen LogP contribution in [0, 0.1) is 52.3 Å². The molecule has 4 saturated carbocycles. The van der Waals surface area contributed by atoms with E-state index in [9.17, 15) is 28.8 Å². The summed E-state index contributed by atoms with van der Waals surface area (Å²) in [5.74, 6) is -2.48. The molecule has 0 aromatic rings. The number of aliphatic carboxylic acids is 2. The minimum absolute atomic E-state index is 0.182. The lowest BCUT2D eigenvalue weighted by molar-refractivity contribution is -0.174. The smallest absolute Gasteiger partial charge is 0.481 e. The van der Waals surface area contributed by atoms with E-state index in [1.54, 1.807) is 0 Å². The highest BCUT2D eigenvalue weighted by Crippen LogP contribution is 2.68. The Morgan fingerprint density at radius 1 is 0.889 bits per heavy atom. The third-order valence-corrected chi connectivity index (χ3v) is 12.8. The third-order valence-electron chi connectivity index (χ3n) is 12.0. The van der Waals surface area contributed by atoms with Gasteiger partial charge in [0.2, 0.25) is 0 Å². The second kappa shape index (κ2) is 14.3. The molecule has 4 aliphatic carbocycles. The number of ether oxygens (including phenoxy) is 4. The number of carbonyl (C=O) groups excluding carboxylic acids is 2. The van der Waals surface area contributed by atoms with Gasteiger partial charge in [0, 0.05) is 6.42 Å². The van der Waals surface area contributed by atoms with Crippen molar-refractivity contribution in [3.05, 3.63) is 0 Å². The lowest BCUT2D eigenvalue weighted by Crippen LogP contribution is -2.54. The van der Waals surface area contributed by atoms with Gasteiger partial charge in [0.15, 0.2) is 19.5 Å². The fraction of sp³-hybridized carbons (Fsp3) is 0.871. The van der Waals surface area contributed by atoms with Crippen molar-refractivity contribution in [1.29, 1.82) is 0 Å². The van der Waals surface area contributed by atoms with Crippen molar-refractivity contribution in [3.63, 3.8) is 0 Å². The van der Waals surface area contributed by atoms with E-state index in [0.717, 1.165) is 32.1 Å². The fourth-order valence-electron chi connectivity index (χ4n) is 9.84. The van der Waals surface area contributed by atoms with E-state index in [4.69, 9.17) is 29.1 Å². The zero-order valence-electron chi connectivity index (χ0n) is 26.4. The van der Waals surface area contributed by atoms with Gasteiger partial charge in [0.25, 0.3) is 0 Å². The van der Waals surface area contributed by atoms with Crippen molar-refractivity contribution in [1.82, 2.24) is 0 Å². The first-order valence-electron chi connectivity index (χ1n) is 16.1. The van der Waals surface area contributed by atoms with Gasteiger partial charge >= 0.3 is 31.7 Å². The van der Waals surface area contributed by atoms with E-state index in [-0.39, 0.29) is 23.4 Å². The fourth-order valence-corrected chi connectivity index (χ4v) is 10.6. The van der Waals surface area contributed by atoms with Gasteiger partial charge in [-0.3, -0.25) is 18.9 Å². The quantitative estimate of drug-likeness (QED) is 0.0674. The molecule has 0 aromatic heterocycles. The lowest BCUT2D eigenvalue weighted by atomic mass is 9.44. The number of fused-ring (bicyclic) bond motifs is 5. The number of carbonyl (C=O) groups is 4. The Kier molecular flexibility index (Phi) is 11.3. The van der Waals surface area contributed by atoms with Crippen molar-refractivity contribution in [2.24, 2.45) is 52.3 Å². The molecule has 0 spiro atoms. The van der Waals surface area contributed by atoms with Crippen LogP contribution >= 0.6 is 7.60 Å². The lowest BCUT2D eigenvalue weighted by Gasteiger charge is -2.61. The molecule has 0 aromatic carbocycles. The highest BCUT2D eigenvalue weighted by molar-refractivity contribution is 7.51. The summed E-state index contributed by atoms with van der Waals surface area (Å²) in [6.45, 7) is 5.76. The van der Waals surface area contributed by atoms with Gasteiger partial charge in [-0.1, -0.05) is 20.8 Å². The zero-order chi connectivity index (χ0) is 33.2. The summed E-state index contributed by atoms with van der Waals surface area (Å²) in [5.41, 5.74) is 0.454. The maximum atomic E-state index is 12.3. The van der Waals surface area contributed by atoms with Crippen molar-refractivity contribution < 1.29 is 62.7 Å². The summed E-state index contributed by atoms with van der Waals surface area (Å²) < 4.78 is 31.0. The van der Waals surface area contributed by atoms with Crippen LogP contribution in [0.5, 0.6) is 0 Å². The highest BCUT2D eigenvalue weighted by atomic mass is 31.2. The minimum Gasteiger partial charge on any atom is -0.481 e. The minimum atomic E-state index is -4.77. The molecule has 10 atom stereocenters. The van der Waals surface area contributed by atoms with Crippen molar-refractivity contribution in [2.45, 2.75) is 97.5 Å². The summed E-state index contributed by atoms with van der Waals surface area (Å²) in [6, 6.07) is 0. The van der Waals surface area contributed by atoms with Crippen LogP contribution in [0.15, 0.2) is 0 Å². The Morgan fingerprint density at radius 3 is 2.22 bits per heavy atom. The molecule has 4 fully saturated rings. The standard InChI is InChI=1S/C31H49O13P/c1-18(4-9-26(32)33)23-7-8-24-21-6-5-19-14-20(10-12-30(19,2)25(21)11-13-31(23,24)3)44-29(37)43-17-41-16-42-28(36)22(27(34)35)15-45(38,39)40/h18-25H,4-17H2,1-3H3,(H,32,33)(H,34,35)(H2,38,39,40)/t18-,19-,20-,21?,22?,23?,24?,25?,30+,31-/m1/s1. The first kappa shape index (κ1) is 35.6. The zero-order valence-corrected chi connectivity index (χ0v) is 27.3. The van der Waals surface area contributed by atoms with E-state index in [2.05, 4.69) is 25.5 Å². The predicted molar refractivity (Wildman–Crippen MR) is 158 cm³/mol. The second-order valence-electron chi connectivity index (χ2n) is 14.3. The van der Waals surface area contributed by atoms with Crippen LogP contribution < -0.4 is 0 Å². The molecule has 256 valence electrons. The molecule has 4 aliphatic rings. The summed E-state index contributed by atoms with van der Waals surface area (Å²) in [4.78, 5) is 64.3. The summed E-state index contributed by atoms with van der Waals surface area (Å²) in [6.07, 6.45) is 8.09. The maximum absolute atomic E-state index is 12.3. The molecule has 4 rings (SSSR count). The molecule has 0 radical (unpaired) electrons. The van der Waals surface area contributed by atoms with Crippen molar-refractivity contribution in [2.75, 3.05) is 19.7 Å². The second-order valence-corrected chi connectivity index (χ2v) is 16.0. The summed E-state index contributed by atoms with van der Waals surface area (Å²) in [7, 11) is -4.77. The summed E-state index contributed by atoms with van der Waals surface area (Å²) >= 11 is 0. The van der Waals surface area contributed by atoms with Crippen LogP contribution in [0.25, 0.3) is 0 Å². The number of rotatable bonds is 13. The molecule has 0 heterocycles. The van der Waals surface area contributed by atoms with Gasteiger partial charge < -0.3 is 38.9 Å². The van der Waals surface area contributed by atoms with Gasteiger partial charge in [0.05, 0.1) is 6.16 Å². The molecular weight excluding hydrogens is 611 g/mol. The van der Waals surface area contributed by atoms with Gasteiger partial charge in [-0.25, -0.2) is 4.79 Å². The SMILES string of the molecule is C[C@H](CCC(=O)O)C1CCC2C3CC[C@@H]4C[C@H](OC(=O)OCOCOC(=O)C(CP(=O)(O)O)C(=O)O)CC[C@]4(C)C3CC[C@@]21C. The van der Waals surface area contributed by atoms with E-state index >= 15 is 0 Å². The average Bonchev–Trinajstić information content (AvgIpc) is 3.31. The van der Waals surface area contributed by atoms with Crippen LogP contribution in [-0.2, 0) is 37.9 Å². The first-order valence-corrected chi connectivity index (χ1v) is 17.9. The number of carboxylic acid groups (broad SMARTS) is 2. The molecule has 5 unspecified atom stereocenters. The number of carboxylic acids is 2. The predicted octanol–water partition coefficient (Wildman–Crippen LogP) is 5.02. The topological polar surface area (TPSA) is 203 Å². The van der Waals surface area contributed by atoms with Crippen LogP contribution in [-0.4, -0.2) is 69.9 Å². The van der Waals surface area contributed by atoms with Crippen LogP contribution in [0.1, 0.15) is 91.4 Å². The van der Waals surface area contributed by atoms with Gasteiger partial charge in [-0.05, 0) is 111 Å².